The maximum atomic E-state index is 11.9. The van der Waals surface area contributed by atoms with Gasteiger partial charge in [0, 0.05) is 17.8 Å². The Labute approximate surface area is 141 Å². The summed E-state index contributed by atoms with van der Waals surface area (Å²) in [4.78, 5) is 33.0. The molecule has 1 atom stereocenters. The number of aliphatic hydroxyl groups is 1. The van der Waals surface area contributed by atoms with Crippen LogP contribution >= 0.6 is 0 Å². The summed E-state index contributed by atoms with van der Waals surface area (Å²) in [6.45, 7) is 4.16. The lowest BCUT2D eigenvalue weighted by Gasteiger charge is -2.33. The van der Waals surface area contributed by atoms with Crippen LogP contribution in [-0.4, -0.2) is 51.1 Å². The van der Waals surface area contributed by atoms with Crippen LogP contribution in [0, 0.1) is 5.92 Å². The van der Waals surface area contributed by atoms with E-state index in [1.165, 1.54) is 6.07 Å². The van der Waals surface area contributed by atoms with Gasteiger partial charge in [0.1, 0.15) is 11.9 Å². The lowest BCUT2D eigenvalue weighted by molar-refractivity contribution is -0.133. The molecule has 0 radical (unpaired) electrons. The molecule has 1 aliphatic heterocycles. The molecule has 2 fully saturated rings. The molecule has 1 amide bonds. The minimum atomic E-state index is -0.908. The average Bonchev–Trinajstić information content (AvgIpc) is 3.38. The number of carbonyl (C=O) groups excluding carboxylic acids is 1. The quantitative estimate of drug-likeness (QED) is 0.689. The molecular formula is C17H26N4O3. The fourth-order valence-corrected chi connectivity index (χ4v) is 3.19. The first-order chi connectivity index (χ1) is 11.5. The summed E-state index contributed by atoms with van der Waals surface area (Å²) in [5.74, 6) is 0.469. The van der Waals surface area contributed by atoms with Crippen LogP contribution in [0.5, 0.6) is 0 Å². The monoisotopic (exact) mass is 334 g/mol. The Hall–Kier alpha value is -1.73. The predicted octanol–water partition coefficient (Wildman–Crippen LogP) is 0.184. The molecule has 3 rings (SSSR count). The Morgan fingerprint density at radius 1 is 1.42 bits per heavy atom. The smallest absolute Gasteiger partial charge is 0.251 e. The molecular weight excluding hydrogens is 308 g/mol. The number of hydrogen-bond acceptors (Lipinski definition) is 5. The zero-order valence-electron chi connectivity index (χ0n) is 14.1. The first kappa shape index (κ1) is 17.1. The van der Waals surface area contributed by atoms with Gasteiger partial charge in [-0.2, -0.15) is 0 Å². The van der Waals surface area contributed by atoms with Gasteiger partial charge < -0.3 is 15.4 Å². The molecule has 24 heavy (non-hydrogen) atoms. The first-order valence-electron chi connectivity index (χ1n) is 8.85. The summed E-state index contributed by atoms with van der Waals surface area (Å²) in [7, 11) is 0. The third-order valence-electron chi connectivity index (χ3n) is 4.85. The van der Waals surface area contributed by atoms with E-state index in [0.29, 0.717) is 12.4 Å². The number of hydrogen-bond donors (Lipinski definition) is 3. The topological polar surface area (TPSA) is 98.3 Å². The highest BCUT2D eigenvalue weighted by Gasteiger charge is 2.33. The van der Waals surface area contributed by atoms with Gasteiger partial charge in [-0.1, -0.05) is 6.92 Å². The van der Waals surface area contributed by atoms with Crippen LogP contribution in [-0.2, 0) is 17.8 Å². The van der Waals surface area contributed by atoms with Crippen molar-refractivity contribution < 1.29 is 9.90 Å². The second-order valence-corrected chi connectivity index (χ2v) is 6.88. The fourth-order valence-electron chi connectivity index (χ4n) is 3.19. The van der Waals surface area contributed by atoms with Gasteiger partial charge in [-0.05, 0) is 51.1 Å². The number of aromatic amines is 1. The van der Waals surface area contributed by atoms with Crippen LogP contribution in [0.1, 0.15) is 44.1 Å². The van der Waals surface area contributed by atoms with Crippen molar-refractivity contribution in [2.75, 3.05) is 13.1 Å². The SMILES string of the molecule is CCc1cc(=O)[nH]c(CN2CCC([C@@H](O)C(=O)NC3CC3)CC2)n1. The summed E-state index contributed by atoms with van der Waals surface area (Å²) in [6.07, 6.45) is 3.43. The van der Waals surface area contributed by atoms with Gasteiger partial charge in [-0.25, -0.2) is 4.98 Å². The van der Waals surface area contributed by atoms with Crippen molar-refractivity contribution >= 4 is 5.91 Å². The highest BCUT2D eigenvalue weighted by atomic mass is 16.3. The predicted molar refractivity (Wildman–Crippen MR) is 89.4 cm³/mol. The normalized spacial score (nSPS) is 20.8. The average molecular weight is 334 g/mol. The molecule has 7 heteroatoms. The van der Waals surface area contributed by atoms with Crippen LogP contribution in [0.15, 0.2) is 10.9 Å². The van der Waals surface area contributed by atoms with Gasteiger partial charge in [-0.15, -0.1) is 0 Å². The lowest BCUT2D eigenvalue weighted by atomic mass is 9.90. The van der Waals surface area contributed by atoms with Gasteiger partial charge >= 0.3 is 0 Å². The summed E-state index contributed by atoms with van der Waals surface area (Å²) in [5.41, 5.74) is 0.690. The summed E-state index contributed by atoms with van der Waals surface area (Å²) < 4.78 is 0. The van der Waals surface area contributed by atoms with Crippen LogP contribution < -0.4 is 10.9 Å². The largest absolute Gasteiger partial charge is 0.383 e. The Kier molecular flexibility index (Phi) is 5.30. The molecule has 3 N–H and O–H groups in total. The van der Waals surface area contributed by atoms with Gasteiger partial charge in [0.15, 0.2) is 0 Å². The summed E-state index contributed by atoms with van der Waals surface area (Å²) in [6, 6.07) is 1.81. The van der Waals surface area contributed by atoms with Crippen molar-refractivity contribution in [2.24, 2.45) is 5.92 Å². The van der Waals surface area contributed by atoms with E-state index in [1.807, 2.05) is 6.92 Å². The maximum absolute atomic E-state index is 11.9. The molecule has 1 aromatic heterocycles. The summed E-state index contributed by atoms with van der Waals surface area (Å²) in [5, 5.41) is 13.1. The Bertz CT molecular complexity index is 633. The van der Waals surface area contributed by atoms with Crippen molar-refractivity contribution in [1.82, 2.24) is 20.2 Å². The van der Waals surface area contributed by atoms with E-state index in [-0.39, 0.29) is 23.4 Å². The number of likely N-dealkylation sites (tertiary alicyclic amines) is 1. The molecule has 7 nitrogen and oxygen atoms in total. The van der Waals surface area contributed by atoms with Crippen molar-refractivity contribution in [3.63, 3.8) is 0 Å². The van der Waals surface area contributed by atoms with Gasteiger partial charge in [0.05, 0.1) is 6.54 Å². The van der Waals surface area contributed by atoms with E-state index in [2.05, 4.69) is 20.2 Å². The highest BCUT2D eigenvalue weighted by Crippen LogP contribution is 2.24. The van der Waals surface area contributed by atoms with Crippen LogP contribution in [0.2, 0.25) is 0 Å². The van der Waals surface area contributed by atoms with Gasteiger partial charge in [0.2, 0.25) is 5.91 Å². The molecule has 0 unspecified atom stereocenters. The number of H-pyrrole nitrogens is 1. The Morgan fingerprint density at radius 3 is 2.75 bits per heavy atom. The second-order valence-electron chi connectivity index (χ2n) is 6.88. The van der Waals surface area contributed by atoms with Crippen molar-refractivity contribution in [2.45, 2.75) is 57.7 Å². The lowest BCUT2D eigenvalue weighted by Crippen LogP contribution is -2.45. The Morgan fingerprint density at radius 2 is 2.12 bits per heavy atom. The molecule has 1 saturated carbocycles. The summed E-state index contributed by atoms with van der Waals surface area (Å²) >= 11 is 0. The van der Waals surface area contributed by atoms with E-state index in [1.54, 1.807) is 0 Å². The van der Waals surface area contributed by atoms with E-state index < -0.39 is 6.10 Å². The van der Waals surface area contributed by atoms with E-state index in [0.717, 1.165) is 50.9 Å². The first-order valence-corrected chi connectivity index (χ1v) is 8.85. The Balaban J connectivity index is 1.50. The van der Waals surface area contributed by atoms with Crippen LogP contribution in [0.25, 0.3) is 0 Å². The number of carbonyl (C=O) groups is 1. The standard InChI is InChI=1S/C17H26N4O3/c1-2-12-9-15(22)20-14(18-12)10-21-7-5-11(6-8-21)16(23)17(24)19-13-3-4-13/h9,11,13,16,23H,2-8,10H2,1H3,(H,19,24)(H,18,20,22)/t16-/m1/s1. The number of aliphatic hydroxyl groups excluding tert-OH is 1. The van der Waals surface area contributed by atoms with E-state index in [4.69, 9.17) is 0 Å². The van der Waals surface area contributed by atoms with Crippen molar-refractivity contribution in [3.8, 4) is 0 Å². The third kappa shape index (κ3) is 4.42. The fraction of sp³-hybridized carbons (Fsp3) is 0.706. The zero-order valence-corrected chi connectivity index (χ0v) is 14.1. The number of aromatic nitrogens is 2. The third-order valence-corrected chi connectivity index (χ3v) is 4.85. The number of piperidine rings is 1. The highest BCUT2D eigenvalue weighted by molar-refractivity contribution is 5.81. The van der Waals surface area contributed by atoms with Gasteiger partial charge in [0.25, 0.3) is 5.56 Å². The minimum Gasteiger partial charge on any atom is -0.383 e. The zero-order chi connectivity index (χ0) is 17.1. The molecule has 0 bridgehead atoms. The molecule has 1 aromatic rings. The molecule has 2 aliphatic rings. The molecule has 1 aliphatic carbocycles. The van der Waals surface area contributed by atoms with E-state index >= 15 is 0 Å². The van der Waals surface area contributed by atoms with Crippen molar-refractivity contribution in [3.05, 3.63) is 27.9 Å². The number of amides is 1. The van der Waals surface area contributed by atoms with Crippen molar-refractivity contribution in [1.29, 1.82) is 0 Å². The minimum absolute atomic E-state index is 0.00832. The van der Waals surface area contributed by atoms with Crippen LogP contribution in [0.3, 0.4) is 0 Å². The molecule has 132 valence electrons. The van der Waals surface area contributed by atoms with Crippen LogP contribution in [0.4, 0.5) is 0 Å². The van der Waals surface area contributed by atoms with E-state index in [9.17, 15) is 14.7 Å². The molecule has 1 saturated heterocycles. The molecule has 0 spiro atoms. The number of aryl methyl sites for hydroxylation is 1. The maximum Gasteiger partial charge on any atom is 0.251 e. The number of nitrogens with zero attached hydrogens (tertiary/aromatic N) is 2. The molecule has 2 heterocycles. The number of nitrogens with one attached hydrogen (secondary N) is 2. The van der Waals surface area contributed by atoms with Gasteiger partial charge in [-0.3, -0.25) is 14.5 Å². The number of rotatable bonds is 6. The molecule has 0 aromatic carbocycles. The second kappa shape index (κ2) is 7.44.